The molecule has 3 aromatic rings. The molecule has 0 atom stereocenters. The van der Waals surface area contributed by atoms with E-state index in [1.165, 1.54) is 12.1 Å². The van der Waals surface area contributed by atoms with Crippen molar-refractivity contribution in [1.82, 2.24) is 9.71 Å². The van der Waals surface area contributed by atoms with Gasteiger partial charge >= 0.3 is 0 Å². The van der Waals surface area contributed by atoms with Crippen LogP contribution in [0.15, 0.2) is 64.5 Å². The lowest BCUT2D eigenvalue weighted by Crippen LogP contribution is -2.42. The summed E-state index contributed by atoms with van der Waals surface area (Å²) in [5.41, 5.74) is 0.704. The molecule has 0 unspecified atom stereocenters. The first kappa shape index (κ1) is 28.5. The standard InChI is InChI=1S/C28H37N3O5S2/c1-28(2,3)36-23-16-21(17-23)19-31(4)27-26-18-25(11-8-22(26)13-14-29-27)38(34,35)30-15-12-20-6-9-24(10-7-20)37(5,32)33/h6-11,13-14,18,21,23,30H,12,15-17,19H2,1-5H3. The number of nitrogens with zero attached hydrogens (tertiary/aromatic N) is 2. The summed E-state index contributed by atoms with van der Waals surface area (Å²) in [6, 6.07) is 13.5. The van der Waals surface area contributed by atoms with Crippen LogP contribution < -0.4 is 9.62 Å². The Morgan fingerprint density at radius 1 is 1.00 bits per heavy atom. The number of aromatic nitrogens is 1. The van der Waals surface area contributed by atoms with Crippen LogP contribution in [0, 0.1) is 5.92 Å². The molecule has 1 aliphatic carbocycles. The Hall–Kier alpha value is -2.53. The van der Waals surface area contributed by atoms with Gasteiger partial charge in [0, 0.05) is 38.0 Å². The van der Waals surface area contributed by atoms with E-state index in [2.05, 4.69) is 35.4 Å². The fraction of sp³-hybridized carbons (Fsp3) is 0.464. The largest absolute Gasteiger partial charge is 0.373 e. The molecule has 8 nitrogen and oxygen atoms in total. The zero-order chi connectivity index (χ0) is 27.7. The monoisotopic (exact) mass is 559 g/mol. The summed E-state index contributed by atoms with van der Waals surface area (Å²) in [7, 11) is -5.02. The van der Waals surface area contributed by atoms with Crippen LogP contribution in [0.2, 0.25) is 0 Å². The van der Waals surface area contributed by atoms with Crippen molar-refractivity contribution < 1.29 is 21.6 Å². The van der Waals surface area contributed by atoms with Gasteiger partial charge in [0.2, 0.25) is 10.0 Å². The van der Waals surface area contributed by atoms with Gasteiger partial charge in [0.15, 0.2) is 9.84 Å². The zero-order valence-electron chi connectivity index (χ0n) is 22.6. The van der Waals surface area contributed by atoms with Crippen molar-refractivity contribution in [3.63, 3.8) is 0 Å². The fourth-order valence-corrected chi connectivity index (χ4v) is 6.50. The molecular formula is C28H37N3O5S2. The number of nitrogens with one attached hydrogen (secondary N) is 1. The van der Waals surface area contributed by atoms with Crippen molar-refractivity contribution in [3.05, 3.63) is 60.3 Å². The molecule has 0 saturated heterocycles. The molecule has 1 N–H and O–H groups in total. The molecule has 4 rings (SSSR count). The zero-order valence-corrected chi connectivity index (χ0v) is 24.3. The SMILES string of the molecule is CN(CC1CC(OC(C)(C)C)C1)c1nccc2ccc(S(=O)(=O)NCCc3ccc(S(C)(=O)=O)cc3)cc12. The molecule has 0 aliphatic heterocycles. The lowest BCUT2D eigenvalue weighted by atomic mass is 9.81. The quantitative estimate of drug-likeness (QED) is 0.397. The van der Waals surface area contributed by atoms with Crippen molar-refractivity contribution >= 4 is 36.5 Å². The maximum atomic E-state index is 13.1. The second kappa shape index (κ2) is 10.9. The molecule has 1 heterocycles. The predicted octanol–water partition coefficient (Wildman–Crippen LogP) is 4.19. The number of sulfone groups is 1. The van der Waals surface area contributed by atoms with Crippen molar-refractivity contribution in [2.75, 3.05) is 31.3 Å². The van der Waals surface area contributed by atoms with Gasteiger partial charge in [-0.25, -0.2) is 26.5 Å². The molecule has 0 radical (unpaired) electrons. The van der Waals surface area contributed by atoms with Gasteiger partial charge in [-0.05, 0) is 87.2 Å². The third kappa shape index (κ3) is 7.11. The van der Waals surface area contributed by atoms with E-state index < -0.39 is 19.9 Å². The van der Waals surface area contributed by atoms with Crippen LogP contribution in [0.3, 0.4) is 0 Å². The van der Waals surface area contributed by atoms with Crippen molar-refractivity contribution in [2.24, 2.45) is 5.92 Å². The summed E-state index contributed by atoms with van der Waals surface area (Å²) in [4.78, 5) is 7.11. The van der Waals surface area contributed by atoms with E-state index >= 15 is 0 Å². The maximum absolute atomic E-state index is 13.1. The number of rotatable bonds is 10. The number of benzene rings is 2. The van der Waals surface area contributed by atoms with Crippen LogP contribution in [0.4, 0.5) is 5.82 Å². The lowest BCUT2D eigenvalue weighted by molar-refractivity contribution is -0.110. The molecule has 2 aromatic carbocycles. The molecule has 0 amide bonds. The van der Waals surface area contributed by atoms with Crippen molar-refractivity contribution in [3.8, 4) is 0 Å². The van der Waals surface area contributed by atoms with Crippen LogP contribution in [-0.4, -0.2) is 59.9 Å². The Labute approximate surface area is 226 Å². The van der Waals surface area contributed by atoms with Crippen LogP contribution >= 0.6 is 0 Å². The van der Waals surface area contributed by atoms with E-state index in [9.17, 15) is 16.8 Å². The van der Waals surface area contributed by atoms with Gasteiger partial charge in [-0.15, -0.1) is 0 Å². The van der Waals surface area contributed by atoms with Crippen molar-refractivity contribution in [1.29, 1.82) is 0 Å². The molecule has 0 bridgehead atoms. The summed E-state index contributed by atoms with van der Waals surface area (Å²) in [5, 5.41) is 1.71. The molecule has 1 fully saturated rings. The maximum Gasteiger partial charge on any atom is 0.240 e. The molecule has 10 heteroatoms. The first-order valence-corrected chi connectivity index (χ1v) is 16.2. The topological polar surface area (TPSA) is 106 Å². The molecular weight excluding hydrogens is 522 g/mol. The highest BCUT2D eigenvalue weighted by Gasteiger charge is 2.33. The first-order valence-electron chi connectivity index (χ1n) is 12.8. The van der Waals surface area contributed by atoms with Crippen LogP contribution in [0.1, 0.15) is 39.2 Å². The van der Waals surface area contributed by atoms with E-state index in [-0.39, 0.29) is 28.0 Å². The molecule has 38 heavy (non-hydrogen) atoms. The van der Waals surface area contributed by atoms with E-state index in [1.807, 2.05) is 19.2 Å². The number of fused-ring (bicyclic) bond motifs is 1. The van der Waals surface area contributed by atoms with Gasteiger partial charge in [0.1, 0.15) is 5.82 Å². The highest BCUT2D eigenvalue weighted by Crippen LogP contribution is 2.35. The minimum Gasteiger partial charge on any atom is -0.373 e. The second-order valence-electron chi connectivity index (χ2n) is 11.2. The van der Waals surface area contributed by atoms with Gasteiger partial charge in [0.05, 0.1) is 21.5 Å². The van der Waals surface area contributed by atoms with E-state index in [4.69, 9.17) is 4.74 Å². The van der Waals surface area contributed by atoms with Gasteiger partial charge in [0.25, 0.3) is 0 Å². The predicted molar refractivity (Wildman–Crippen MR) is 151 cm³/mol. The van der Waals surface area contributed by atoms with E-state index in [0.717, 1.165) is 47.8 Å². The number of pyridine rings is 1. The Morgan fingerprint density at radius 2 is 1.66 bits per heavy atom. The number of anilines is 1. The number of hydrogen-bond donors (Lipinski definition) is 1. The van der Waals surface area contributed by atoms with Gasteiger partial charge in [-0.1, -0.05) is 18.2 Å². The summed E-state index contributed by atoms with van der Waals surface area (Å²) in [6.45, 7) is 7.24. The van der Waals surface area contributed by atoms with Crippen LogP contribution in [-0.2, 0) is 31.0 Å². The minimum atomic E-state index is -3.75. The van der Waals surface area contributed by atoms with E-state index in [1.54, 1.807) is 30.5 Å². The molecule has 206 valence electrons. The molecule has 1 saturated carbocycles. The Morgan fingerprint density at radius 3 is 2.29 bits per heavy atom. The number of hydrogen-bond acceptors (Lipinski definition) is 7. The Kier molecular flexibility index (Phi) is 8.18. The third-order valence-electron chi connectivity index (χ3n) is 6.69. The normalized spacial score (nSPS) is 18.3. The lowest BCUT2D eigenvalue weighted by Gasteiger charge is -2.41. The van der Waals surface area contributed by atoms with Gasteiger partial charge in [-0.2, -0.15) is 0 Å². The molecule has 1 aliphatic rings. The summed E-state index contributed by atoms with van der Waals surface area (Å²) in [6.07, 6.45) is 5.65. The summed E-state index contributed by atoms with van der Waals surface area (Å²) in [5.74, 6) is 1.26. The number of ether oxygens (including phenoxy) is 1. The third-order valence-corrected chi connectivity index (χ3v) is 9.28. The highest BCUT2D eigenvalue weighted by atomic mass is 32.2. The minimum absolute atomic E-state index is 0.141. The van der Waals surface area contributed by atoms with Crippen LogP contribution in [0.5, 0.6) is 0 Å². The first-order chi connectivity index (χ1) is 17.7. The van der Waals surface area contributed by atoms with Crippen molar-refractivity contribution in [2.45, 2.75) is 61.5 Å². The molecule has 0 spiro atoms. The number of sulfonamides is 1. The fourth-order valence-electron chi connectivity index (χ4n) is 4.81. The smallest absolute Gasteiger partial charge is 0.240 e. The molecule has 1 aromatic heterocycles. The van der Waals surface area contributed by atoms with Gasteiger partial charge in [-0.3, -0.25) is 0 Å². The van der Waals surface area contributed by atoms with Gasteiger partial charge < -0.3 is 9.64 Å². The average molecular weight is 560 g/mol. The van der Waals surface area contributed by atoms with E-state index in [0.29, 0.717) is 12.3 Å². The Bertz CT molecular complexity index is 1490. The highest BCUT2D eigenvalue weighted by molar-refractivity contribution is 7.90. The summed E-state index contributed by atoms with van der Waals surface area (Å²) < 4.78 is 58.1. The Balaban J connectivity index is 1.42. The summed E-state index contributed by atoms with van der Waals surface area (Å²) >= 11 is 0. The average Bonchev–Trinajstić information content (AvgIpc) is 2.80. The second-order valence-corrected chi connectivity index (χ2v) is 14.9. The van der Waals surface area contributed by atoms with Crippen LogP contribution in [0.25, 0.3) is 10.8 Å².